The summed E-state index contributed by atoms with van der Waals surface area (Å²) in [5, 5.41) is 9.02. The highest BCUT2D eigenvalue weighted by molar-refractivity contribution is 7.89. The van der Waals surface area contributed by atoms with E-state index in [1.807, 2.05) is 13.8 Å². The molecule has 0 radical (unpaired) electrons. The topological polar surface area (TPSA) is 83.5 Å². The molecule has 1 atom stereocenters. The number of hydrogen-bond acceptors (Lipinski definition) is 3. The van der Waals surface area contributed by atoms with Crippen LogP contribution in [0.25, 0.3) is 0 Å². The quantitative estimate of drug-likeness (QED) is 0.804. The van der Waals surface area contributed by atoms with Crippen LogP contribution in [-0.4, -0.2) is 26.0 Å². The van der Waals surface area contributed by atoms with Gasteiger partial charge in [-0.2, -0.15) is 0 Å². The predicted molar refractivity (Wildman–Crippen MR) is 72.1 cm³/mol. The van der Waals surface area contributed by atoms with Crippen LogP contribution in [0.2, 0.25) is 0 Å². The van der Waals surface area contributed by atoms with E-state index in [0.29, 0.717) is 6.07 Å². The first-order valence-corrected chi connectivity index (χ1v) is 7.79. The van der Waals surface area contributed by atoms with Crippen LogP contribution < -0.4 is 4.72 Å². The second kappa shape index (κ2) is 6.95. The molecule has 0 fully saturated rings. The molecule has 5 nitrogen and oxygen atoms in total. The van der Waals surface area contributed by atoms with Crippen molar-refractivity contribution in [2.45, 2.75) is 25.2 Å². The first-order chi connectivity index (χ1) is 9.63. The van der Waals surface area contributed by atoms with Crippen LogP contribution in [0.5, 0.6) is 0 Å². The lowest BCUT2D eigenvalue weighted by atomic mass is 9.98. The number of carboxylic acid groups (broad SMARTS) is 1. The van der Waals surface area contributed by atoms with Crippen LogP contribution in [0.4, 0.5) is 8.78 Å². The number of aliphatic carboxylic acids is 1. The monoisotopic (exact) mass is 321 g/mol. The molecule has 0 heterocycles. The van der Waals surface area contributed by atoms with Crippen LogP contribution in [0.15, 0.2) is 23.1 Å². The first kappa shape index (κ1) is 17.5. The normalized spacial score (nSPS) is 13.4. The molecule has 0 saturated heterocycles. The van der Waals surface area contributed by atoms with Crippen LogP contribution in [0.3, 0.4) is 0 Å². The van der Waals surface area contributed by atoms with Gasteiger partial charge in [0.1, 0.15) is 16.5 Å². The maximum absolute atomic E-state index is 13.5. The second-order valence-electron chi connectivity index (χ2n) is 5.09. The molecular weight excluding hydrogens is 304 g/mol. The maximum atomic E-state index is 13.5. The molecule has 0 aromatic heterocycles. The van der Waals surface area contributed by atoms with Gasteiger partial charge in [0.2, 0.25) is 10.0 Å². The number of sulfonamides is 1. The van der Waals surface area contributed by atoms with E-state index in [-0.39, 0.29) is 18.9 Å². The van der Waals surface area contributed by atoms with E-state index in [1.165, 1.54) is 0 Å². The van der Waals surface area contributed by atoms with Crippen molar-refractivity contribution in [3.8, 4) is 0 Å². The summed E-state index contributed by atoms with van der Waals surface area (Å²) in [6, 6.07) is 2.07. The Morgan fingerprint density at radius 1 is 1.33 bits per heavy atom. The van der Waals surface area contributed by atoms with Gasteiger partial charge in [-0.1, -0.05) is 13.8 Å². The third kappa shape index (κ3) is 5.05. The SMILES string of the molecule is CC(C)CC(CNS(=O)(=O)c1ccc(F)cc1F)C(=O)O. The summed E-state index contributed by atoms with van der Waals surface area (Å²) in [6.45, 7) is 3.26. The van der Waals surface area contributed by atoms with Gasteiger partial charge < -0.3 is 5.11 Å². The molecule has 0 saturated carbocycles. The predicted octanol–water partition coefficient (Wildman–Crippen LogP) is 1.99. The van der Waals surface area contributed by atoms with Crippen LogP contribution in [0, 0.1) is 23.5 Å². The first-order valence-electron chi connectivity index (χ1n) is 6.31. The van der Waals surface area contributed by atoms with E-state index in [9.17, 15) is 22.0 Å². The van der Waals surface area contributed by atoms with Gasteiger partial charge in [0.05, 0.1) is 5.92 Å². The Hall–Kier alpha value is -1.54. The highest BCUT2D eigenvalue weighted by Crippen LogP contribution is 2.17. The summed E-state index contributed by atoms with van der Waals surface area (Å²) in [6.07, 6.45) is 0.282. The Labute approximate surface area is 122 Å². The van der Waals surface area contributed by atoms with Crippen molar-refractivity contribution >= 4 is 16.0 Å². The van der Waals surface area contributed by atoms with E-state index in [0.717, 1.165) is 12.1 Å². The van der Waals surface area contributed by atoms with Crippen molar-refractivity contribution in [1.82, 2.24) is 4.72 Å². The average Bonchev–Trinajstić information content (AvgIpc) is 2.33. The Morgan fingerprint density at radius 3 is 2.43 bits per heavy atom. The minimum Gasteiger partial charge on any atom is -0.481 e. The van der Waals surface area contributed by atoms with Gasteiger partial charge in [0.25, 0.3) is 0 Å². The molecule has 21 heavy (non-hydrogen) atoms. The summed E-state index contributed by atoms with van der Waals surface area (Å²) in [4.78, 5) is 10.3. The van der Waals surface area contributed by atoms with Crippen molar-refractivity contribution in [2.24, 2.45) is 11.8 Å². The van der Waals surface area contributed by atoms with Crippen molar-refractivity contribution in [2.75, 3.05) is 6.54 Å². The fourth-order valence-corrected chi connectivity index (χ4v) is 2.96. The summed E-state index contributed by atoms with van der Waals surface area (Å²) in [7, 11) is -4.23. The number of carbonyl (C=O) groups is 1. The Kier molecular flexibility index (Phi) is 5.79. The largest absolute Gasteiger partial charge is 0.481 e. The molecule has 1 aromatic rings. The summed E-state index contributed by atoms with van der Waals surface area (Å²) >= 11 is 0. The second-order valence-corrected chi connectivity index (χ2v) is 6.83. The minimum atomic E-state index is -4.23. The van der Waals surface area contributed by atoms with Gasteiger partial charge in [0, 0.05) is 12.6 Å². The van der Waals surface area contributed by atoms with Gasteiger partial charge in [-0.3, -0.25) is 4.79 Å². The number of hydrogen-bond donors (Lipinski definition) is 2. The third-order valence-corrected chi connectivity index (χ3v) is 4.27. The molecule has 0 aliphatic heterocycles. The average molecular weight is 321 g/mol. The molecule has 1 rings (SSSR count). The fraction of sp³-hybridized carbons (Fsp3) is 0.462. The van der Waals surface area contributed by atoms with E-state index in [2.05, 4.69) is 4.72 Å². The van der Waals surface area contributed by atoms with Crippen molar-refractivity contribution in [3.63, 3.8) is 0 Å². The molecule has 0 aliphatic carbocycles. The Balaban J connectivity index is 2.87. The molecule has 118 valence electrons. The lowest BCUT2D eigenvalue weighted by Crippen LogP contribution is -2.34. The third-order valence-electron chi connectivity index (χ3n) is 2.81. The molecule has 0 spiro atoms. The van der Waals surface area contributed by atoms with Gasteiger partial charge in [-0.05, 0) is 24.5 Å². The molecule has 0 bridgehead atoms. The zero-order valence-corrected chi connectivity index (χ0v) is 12.5. The molecule has 0 aliphatic rings. The van der Waals surface area contributed by atoms with E-state index in [1.54, 1.807) is 0 Å². The Bertz CT molecular complexity index is 617. The van der Waals surface area contributed by atoms with Gasteiger partial charge >= 0.3 is 5.97 Å². The standard InChI is InChI=1S/C13H17F2NO4S/c1-8(2)5-9(13(17)18)7-16-21(19,20)12-4-3-10(14)6-11(12)15/h3-4,6,8-9,16H,5,7H2,1-2H3,(H,17,18). The minimum absolute atomic E-state index is 0.0677. The van der Waals surface area contributed by atoms with Crippen LogP contribution in [0.1, 0.15) is 20.3 Å². The summed E-state index contributed by atoms with van der Waals surface area (Å²) in [5.41, 5.74) is 0. The van der Waals surface area contributed by atoms with Gasteiger partial charge in [0.15, 0.2) is 0 Å². The fourth-order valence-electron chi connectivity index (χ4n) is 1.82. The lowest BCUT2D eigenvalue weighted by Gasteiger charge is -2.15. The van der Waals surface area contributed by atoms with Crippen LogP contribution in [-0.2, 0) is 14.8 Å². The molecule has 1 aromatic carbocycles. The van der Waals surface area contributed by atoms with E-state index >= 15 is 0 Å². The Morgan fingerprint density at radius 2 is 1.95 bits per heavy atom. The molecule has 1 unspecified atom stereocenters. The maximum Gasteiger partial charge on any atom is 0.307 e. The highest BCUT2D eigenvalue weighted by atomic mass is 32.2. The molecular formula is C13H17F2NO4S. The zero-order chi connectivity index (χ0) is 16.2. The molecule has 2 N–H and O–H groups in total. The van der Waals surface area contributed by atoms with Gasteiger partial charge in [-0.15, -0.1) is 0 Å². The number of benzene rings is 1. The number of halogens is 2. The number of rotatable bonds is 7. The number of nitrogens with one attached hydrogen (secondary N) is 1. The molecule has 8 heteroatoms. The van der Waals surface area contributed by atoms with E-state index < -0.39 is 38.4 Å². The zero-order valence-electron chi connectivity index (χ0n) is 11.6. The summed E-state index contributed by atoms with van der Waals surface area (Å²) in [5.74, 6) is -4.10. The number of carboxylic acids is 1. The highest BCUT2D eigenvalue weighted by Gasteiger charge is 2.24. The molecule has 0 amide bonds. The summed E-state index contributed by atoms with van der Waals surface area (Å²) < 4.78 is 52.1. The van der Waals surface area contributed by atoms with Crippen molar-refractivity contribution in [1.29, 1.82) is 0 Å². The van der Waals surface area contributed by atoms with Crippen molar-refractivity contribution in [3.05, 3.63) is 29.8 Å². The smallest absolute Gasteiger partial charge is 0.307 e. The van der Waals surface area contributed by atoms with Gasteiger partial charge in [-0.25, -0.2) is 21.9 Å². The van der Waals surface area contributed by atoms with E-state index in [4.69, 9.17) is 5.11 Å². The van der Waals surface area contributed by atoms with Crippen molar-refractivity contribution < 1.29 is 27.1 Å². The van der Waals surface area contributed by atoms with Crippen LogP contribution >= 0.6 is 0 Å². The lowest BCUT2D eigenvalue weighted by molar-refractivity contribution is -0.142.